The van der Waals surface area contributed by atoms with Crippen molar-refractivity contribution in [1.82, 2.24) is 0 Å². The molecule has 58 heavy (non-hydrogen) atoms. The SMILES string of the molecule is CCCCCCCCOc1ccc(N(c2ccc(-c3cc4sc(C=C(C#N)OC=O)cc4s3)cc2)c2ccc(-c3cc4sc(C=C(C#N)C(=O)O)cc4s3)cc2)cc1. The van der Waals surface area contributed by atoms with Crippen LogP contribution >= 0.6 is 45.3 Å². The van der Waals surface area contributed by atoms with Gasteiger partial charge in [-0.15, -0.1) is 45.3 Å². The second-order valence-corrected chi connectivity index (χ2v) is 17.7. The highest BCUT2D eigenvalue weighted by Gasteiger charge is 2.16. The first kappa shape index (κ1) is 40.2. The van der Waals surface area contributed by atoms with Gasteiger partial charge in [0.25, 0.3) is 6.47 Å². The summed E-state index contributed by atoms with van der Waals surface area (Å²) in [6, 6.07) is 37.1. The number of nitriles is 2. The maximum atomic E-state index is 11.3. The fourth-order valence-corrected chi connectivity index (χ4v) is 11.2. The van der Waals surface area contributed by atoms with E-state index < -0.39 is 5.97 Å². The molecular formula is C46H37N3O5S4. The van der Waals surface area contributed by atoms with Crippen LogP contribution in [0.3, 0.4) is 0 Å². The number of carboxylic acid groups (broad SMARTS) is 1. The second kappa shape index (κ2) is 18.9. The first-order valence-corrected chi connectivity index (χ1v) is 22.0. The van der Waals surface area contributed by atoms with E-state index in [1.54, 1.807) is 34.8 Å². The average molecular weight is 840 g/mol. The molecule has 4 aromatic heterocycles. The van der Waals surface area contributed by atoms with Crippen molar-refractivity contribution in [3.63, 3.8) is 0 Å². The van der Waals surface area contributed by atoms with Crippen LogP contribution in [0.4, 0.5) is 17.1 Å². The van der Waals surface area contributed by atoms with E-state index in [1.165, 1.54) is 60.9 Å². The maximum Gasteiger partial charge on any atom is 0.346 e. The highest BCUT2D eigenvalue weighted by atomic mass is 32.1. The largest absolute Gasteiger partial charge is 0.494 e. The molecule has 0 saturated carbocycles. The van der Waals surface area contributed by atoms with Crippen LogP contribution in [0.5, 0.6) is 5.75 Å². The van der Waals surface area contributed by atoms with Crippen molar-refractivity contribution in [2.75, 3.05) is 11.5 Å². The molecule has 0 spiro atoms. The average Bonchev–Trinajstić information content (AvgIpc) is 4.01. The van der Waals surface area contributed by atoms with E-state index in [-0.39, 0.29) is 17.8 Å². The third-order valence-electron chi connectivity index (χ3n) is 9.33. The van der Waals surface area contributed by atoms with Gasteiger partial charge < -0.3 is 19.5 Å². The standard InChI is InChI=1S/C46H37N3O5S4/c1-2-3-4-5-6-7-20-53-36-18-16-35(17-19-36)49(33-12-8-30(9-13-33)40-25-44-42(57-40)23-38(55-44)21-32(27-47)46(51)52)34-14-10-31(11-15-34)41-26-45-43(58-41)24-39(56-45)22-37(28-48)54-29-50/h8-19,21-26,29H,2-7,20H2,1H3,(H,51,52). The molecule has 0 aliphatic carbocycles. The molecule has 12 heteroatoms. The first-order chi connectivity index (χ1) is 28.3. The van der Waals surface area contributed by atoms with Gasteiger partial charge in [-0.3, -0.25) is 4.79 Å². The number of carboxylic acids is 1. The molecule has 0 amide bonds. The summed E-state index contributed by atoms with van der Waals surface area (Å²) in [7, 11) is 0. The topological polar surface area (TPSA) is 124 Å². The Morgan fingerprint density at radius 3 is 1.66 bits per heavy atom. The Hall–Kier alpha value is -6.02. The van der Waals surface area contributed by atoms with Crippen molar-refractivity contribution in [3.05, 3.63) is 118 Å². The van der Waals surface area contributed by atoms with Gasteiger partial charge in [0.15, 0.2) is 0 Å². The van der Waals surface area contributed by atoms with Crippen LogP contribution in [-0.4, -0.2) is 24.2 Å². The molecule has 290 valence electrons. The van der Waals surface area contributed by atoms with E-state index in [9.17, 15) is 20.0 Å². The fraction of sp³-hybridized carbons (Fsp3) is 0.174. The molecule has 1 N–H and O–H groups in total. The van der Waals surface area contributed by atoms with Crippen molar-refractivity contribution < 1.29 is 24.2 Å². The zero-order chi connectivity index (χ0) is 40.4. The minimum Gasteiger partial charge on any atom is -0.494 e. The lowest BCUT2D eigenvalue weighted by atomic mass is 10.1. The van der Waals surface area contributed by atoms with Crippen molar-refractivity contribution in [2.24, 2.45) is 0 Å². The number of anilines is 3. The number of allylic oxidation sites excluding steroid dienone is 1. The summed E-state index contributed by atoms with van der Waals surface area (Å²) in [6.07, 6.45) is 10.3. The summed E-state index contributed by atoms with van der Waals surface area (Å²) in [5.74, 6) is -0.423. The summed E-state index contributed by atoms with van der Waals surface area (Å²) >= 11 is 6.31. The Morgan fingerprint density at radius 1 is 0.672 bits per heavy atom. The smallest absolute Gasteiger partial charge is 0.346 e. The number of carbonyl (C=O) groups excluding carboxylic acids is 1. The number of carbonyl (C=O) groups is 2. The van der Waals surface area contributed by atoms with Crippen molar-refractivity contribution in [2.45, 2.75) is 45.4 Å². The predicted octanol–water partition coefficient (Wildman–Crippen LogP) is 13.8. The van der Waals surface area contributed by atoms with Crippen LogP contribution in [0.1, 0.15) is 55.2 Å². The number of hydrogen-bond donors (Lipinski definition) is 1. The van der Waals surface area contributed by atoms with E-state index in [4.69, 9.17) is 14.7 Å². The predicted molar refractivity (Wildman–Crippen MR) is 239 cm³/mol. The lowest BCUT2D eigenvalue weighted by Crippen LogP contribution is -2.10. The van der Waals surface area contributed by atoms with E-state index in [0.717, 1.165) is 78.7 Å². The van der Waals surface area contributed by atoms with Gasteiger partial charge >= 0.3 is 5.97 Å². The summed E-state index contributed by atoms with van der Waals surface area (Å²) in [4.78, 5) is 28.1. The molecule has 7 aromatic rings. The molecule has 0 aliphatic heterocycles. The normalized spacial score (nSPS) is 11.7. The molecular weight excluding hydrogens is 803 g/mol. The van der Waals surface area contributed by atoms with Crippen molar-refractivity contribution in [1.29, 1.82) is 10.5 Å². The van der Waals surface area contributed by atoms with Gasteiger partial charge in [-0.2, -0.15) is 10.5 Å². The number of thiophene rings is 4. The van der Waals surface area contributed by atoms with Gasteiger partial charge in [-0.1, -0.05) is 63.3 Å². The number of aliphatic carboxylic acids is 1. The number of nitrogens with zero attached hydrogens (tertiary/aromatic N) is 3. The highest BCUT2D eigenvalue weighted by molar-refractivity contribution is 7.30. The second-order valence-electron chi connectivity index (χ2n) is 13.3. The van der Waals surface area contributed by atoms with E-state index in [2.05, 4.69) is 84.6 Å². The lowest BCUT2D eigenvalue weighted by Gasteiger charge is -2.26. The van der Waals surface area contributed by atoms with Crippen LogP contribution in [0.15, 0.2) is 108 Å². The fourth-order valence-electron chi connectivity index (χ4n) is 6.45. The summed E-state index contributed by atoms with van der Waals surface area (Å²) in [6.45, 7) is 3.19. The summed E-state index contributed by atoms with van der Waals surface area (Å²) in [5, 5.41) is 27.6. The quantitative estimate of drug-likeness (QED) is 0.0298. The first-order valence-electron chi connectivity index (χ1n) is 18.7. The molecule has 0 unspecified atom stereocenters. The maximum absolute atomic E-state index is 11.3. The molecule has 7 rings (SSSR count). The van der Waals surface area contributed by atoms with Crippen molar-refractivity contribution >= 4 is 106 Å². The summed E-state index contributed by atoms with van der Waals surface area (Å²) < 4.78 is 15.1. The lowest BCUT2D eigenvalue weighted by molar-refractivity contribution is -0.132. The van der Waals surface area contributed by atoms with Gasteiger partial charge in [0.2, 0.25) is 5.76 Å². The number of unbranched alkanes of at least 4 members (excludes halogenated alkanes) is 5. The van der Waals surface area contributed by atoms with Gasteiger partial charge in [-0.05, 0) is 96.4 Å². The Labute approximate surface area is 352 Å². The minimum absolute atomic E-state index is 0.0418. The number of ether oxygens (including phenoxy) is 2. The zero-order valence-corrected chi connectivity index (χ0v) is 34.7. The van der Waals surface area contributed by atoms with Crippen molar-refractivity contribution in [3.8, 4) is 38.8 Å². The monoisotopic (exact) mass is 839 g/mol. The minimum atomic E-state index is -1.23. The van der Waals surface area contributed by atoms with Gasteiger partial charge in [-0.25, -0.2) is 4.79 Å². The van der Waals surface area contributed by atoms with Crippen LogP contribution in [-0.2, 0) is 14.3 Å². The van der Waals surface area contributed by atoms with Gasteiger partial charge in [0.1, 0.15) is 23.5 Å². The number of fused-ring (bicyclic) bond motifs is 2. The van der Waals surface area contributed by atoms with E-state index >= 15 is 0 Å². The molecule has 8 nitrogen and oxygen atoms in total. The Kier molecular flexibility index (Phi) is 13.1. The molecule has 4 heterocycles. The Bertz CT molecular complexity index is 2620. The molecule has 0 aliphatic rings. The molecule has 3 aromatic carbocycles. The van der Waals surface area contributed by atoms with E-state index in [1.807, 2.05) is 30.3 Å². The molecule has 0 fully saturated rings. The number of benzene rings is 3. The molecule has 0 bridgehead atoms. The number of hydrogen-bond acceptors (Lipinski definition) is 11. The molecule has 0 atom stereocenters. The highest BCUT2D eigenvalue weighted by Crippen LogP contribution is 2.43. The Balaban J connectivity index is 1.13. The van der Waals surface area contributed by atoms with Crippen LogP contribution in [0.2, 0.25) is 0 Å². The zero-order valence-electron chi connectivity index (χ0n) is 31.5. The number of rotatable bonds is 18. The van der Waals surface area contributed by atoms with Crippen LogP contribution in [0, 0.1) is 22.7 Å². The Morgan fingerprint density at radius 2 is 1.17 bits per heavy atom. The van der Waals surface area contributed by atoms with Gasteiger partial charge in [0.05, 0.1) is 6.61 Å². The molecule has 0 radical (unpaired) electrons. The third kappa shape index (κ3) is 9.56. The van der Waals surface area contributed by atoms with Gasteiger partial charge in [0, 0.05) is 61.4 Å². The van der Waals surface area contributed by atoms with E-state index in [0.29, 0.717) is 6.61 Å². The van der Waals surface area contributed by atoms with Crippen LogP contribution < -0.4 is 9.64 Å². The molecule has 0 saturated heterocycles. The van der Waals surface area contributed by atoms with Crippen LogP contribution in [0.25, 0.3) is 51.8 Å². The summed E-state index contributed by atoms with van der Waals surface area (Å²) in [5.41, 5.74) is 4.87. The third-order valence-corrected chi connectivity index (χ3v) is 13.9.